The fourth-order valence-corrected chi connectivity index (χ4v) is 5.30. The molecule has 1 aromatic carbocycles. The molecule has 1 saturated carbocycles. The summed E-state index contributed by atoms with van der Waals surface area (Å²) in [6, 6.07) is 10.9. The summed E-state index contributed by atoms with van der Waals surface area (Å²) < 4.78 is 0. The topological polar surface area (TPSA) is 127 Å². The number of fused-ring (bicyclic) bond motifs is 2. The Labute approximate surface area is 208 Å². The molecule has 4 aromatic rings. The summed E-state index contributed by atoms with van der Waals surface area (Å²) in [5.74, 6) is 1.04. The number of carbonyl (C=O) groups excluding carboxylic acids is 1. The molecule has 0 bridgehead atoms. The molecule has 1 fully saturated rings. The lowest BCUT2D eigenvalue weighted by Crippen LogP contribution is -2.59. The smallest absolute Gasteiger partial charge is 0.254 e. The Balaban J connectivity index is 1.43. The van der Waals surface area contributed by atoms with Gasteiger partial charge in [-0.25, -0.2) is 9.97 Å². The highest BCUT2D eigenvalue weighted by atomic mass is 16.2. The molecule has 10 nitrogen and oxygen atoms in total. The number of carbonyl (C=O) groups is 1. The molecule has 10 heteroatoms. The standard InChI is InChI=1S/C26H25N9O/c1-15-24(36)35(19-6-4-5-16(7-19)11-27)21-14-29-25(31-18-8-17-12-30-33-22(17)28-13-18)32-23(21)34(15)20-9-26(2,3)10-20/h4-8,12-15,20H,9-10H2,1-3H3,(H,28,30,33)(H,29,31,32)/t15-/m1/s1. The first-order chi connectivity index (χ1) is 17.3. The molecule has 1 amide bonds. The third-order valence-corrected chi connectivity index (χ3v) is 6.98. The van der Waals surface area contributed by atoms with Crippen LogP contribution in [0.5, 0.6) is 0 Å². The van der Waals surface area contributed by atoms with Gasteiger partial charge in [0.2, 0.25) is 5.95 Å². The number of hydrogen-bond acceptors (Lipinski definition) is 8. The van der Waals surface area contributed by atoms with Crippen LogP contribution in [0.25, 0.3) is 11.0 Å². The average molecular weight is 480 g/mol. The number of aromatic nitrogens is 5. The van der Waals surface area contributed by atoms with Gasteiger partial charge in [-0.2, -0.15) is 15.3 Å². The number of nitriles is 1. The van der Waals surface area contributed by atoms with Gasteiger partial charge in [0.25, 0.3) is 5.91 Å². The third kappa shape index (κ3) is 3.60. The molecule has 0 saturated heterocycles. The van der Waals surface area contributed by atoms with E-state index in [1.165, 1.54) is 0 Å². The van der Waals surface area contributed by atoms with Gasteiger partial charge < -0.3 is 10.2 Å². The number of hydrogen-bond donors (Lipinski definition) is 2. The highest BCUT2D eigenvalue weighted by molar-refractivity contribution is 6.10. The van der Waals surface area contributed by atoms with Gasteiger partial charge in [-0.1, -0.05) is 19.9 Å². The highest BCUT2D eigenvalue weighted by Gasteiger charge is 2.47. The van der Waals surface area contributed by atoms with Crippen molar-refractivity contribution >= 4 is 45.8 Å². The Morgan fingerprint density at radius 1 is 1.17 bits per heavy atom. The zero-order chi connectivity index (χ0) is 25.0. The molecule has 1 aliphatic heterocycles. The van der Waals surface area contributed by atoms with E-state index in [2.05, 4.69) is 50.3 Å². The van der Waals surface area contributed by atoms with Crippen LogP contribution in [0.2, 0.25) is 0 Å². The van der Waals surface area contributed by atoms with Gasteiger partial charge in [0.05, 0.1) is 41.6 Å². The molecular formula is C26H25N9O. The van der Waals surface area contributed by atoms with Gasteiger partial charge in [0.15, 0.2) is 11.5 Å². The van der Waals surface area contributed by atoms with Crippen molar-refractivity contribution in [3.05, 3.63) is 54.5 Å². The molecule has 4 heterocycles. The van der Waals surface area contributed by atoms with Crippen LogP contribution in [-0.2, 0) is 4.79 Å². The van der Waals surface area contributed by atoms with Gasteiger partial charge in [-0.15, -0.1) is 0 Å². The molecule has 3 aromatic heterocycles. The molecule has 1 atom stereocenters. The maximum absolute atomic E-state index is 13.7. The van der Waals surface area contributed by atoms with E-state index in [0.29, 0.717) is 34.4 Å². The summed E-state index contributed by atoms with van der Waals surface area (Å²) in [5.41, 5.74) is 3.38. The second kappa shape index (κ2) is 8.02. The molecule has 180 valence electrons. The lowest BCUT2D eigenvalue weighted by Gasteiger charge is -2.53. The summed E-state index contributed by atoms with van der Waals surface area (Å²) in [7, 11) is 0. The van der Waals surface area contributed by atoms with Crippen LogP contribution in [0.1, 0.15) is 39.2 Å². The predicted molar refractivity (Wildman–Crippen MR) is 136 cm³/mol. The monoisotopic (exact) mass is 479 g/mol. The van der Waals surface area contributed by atoms with Crippen molar-refractivity contribution in [2.24, 2.45) is 5.41 Å². The predicted octanol–water partition coefficient (Wildman–Crippen LogP) is 4.42. The molecule has 0 unspecified atom stereocenters. The lowest BCUT2D eigenvalue weighted by atomic mass is 9.67. The second-order valence-corrected chi connectivity index (χ2v) is 10.2. The van der Waals surface area contributed by atoms with Crippen LogP contribution in [0.3, 0.4) is 0 Å². The Kier molecular flexibility index (Phi) is 4.89. The first kappa shape index (κ1) is 22.0. The number of pyridine rings is 1. The minimum Gasteiger partial charge on any atom is -0.340 e. The molecular weight excluding hydrogens is 454 g/mol. The van der Waals surface area contributed by atoms with Gasteiger partial charge in [0.1, 0.15) is 11.7 Å². The van der Waals surface area contributed by atoms with Crippen molar-refractivity contribution in [3.63, 3.8) is 0 Å². The fourth-order valence-electron chi connectivity index (χ4n) is 5.30. The van der Waals surface area contributed by atoms with Crippen molar-refractivity contribution in [1.29, 1.82) is 5.26 Å². The van der Waals surface area contributed by atoms with Gasteiger partial charge >= 0.3 is 0 Å². The maximum Gasteiger partial charge on any atom is 0.254 e. The van der Waals surface area contributed by atoms with E-state index in [4.69, 9.17) is 4.98 Å². The lowest BCUT2D eigenvalue weighted by molar-refractivity contribution is -0.119. The Morgan fingerprint density at radius 2 is 2.00 bits per heavy atom. The largest absolute Gasteiger partial charge is 0.340 e. The molecule has 6 rings (SSSR count). The number of H-pyrrole nitrogens is 1. The average Bonchev–Trinajstić information content (AvgIpc) is 3.32. The first-order valence-electron chi connectivity index (χ1n) is 11.9. The molecule has 0 spiro atoms. The first-order valence-corrected chi connectivity index (χ1v) is 11.9. The number of nitrogens with zero attached hydrogens (tertiary/aromatic N) is 7. The van der Waals surface area contributed by atoms with Crippen molar-refractivity contribution in [1.82, 2.24) is 25.1 Å². The summed E-state index contributed by atoms with van der Waals surface area (Å²) in [5, 5.41) is 20.4. The van der Waals surface area contributed by atoms with Gasteiger partial charge in [-0.05, 0) is 49.4 Å². The normalized spacial score (nSPS) is 19.1. The summed E-state index contributed by atoms with van der Waals surface area (Å²) in [4.78, 5) is 31.3. The number of rotatable bonds is 4. The van der Waals surface area contributed by atoms with Gasteiger partial charge in [-0.3, -0.25) is 14.8 Å². The molecule has 2 aliphatic rings. The van der Waals surface area contributed by atoms with Crippen LogP contribution in [0.4, 0.5) is 28.8 Å². The van der Waals surface area contributed by atoms with Crippen LogP contribution in [0.15, 0.2) is 48.9 Å². The number of amides is 1. The number of anilines is 5. The Bertz CT molecular complexity index is 1530. The number of aromatic amines is 1. The minimum absolute atomic E-state index is 0.0683. The van der Waals surface area contributed by atoms with Crippen LogP contribution < -0.4 is 15.1 Å². The molecule has 0 radical (unpaired) electrons. The van der Waals surface area contributed by atoms with E-state index in [-0.39, 0.29) is 17.4 Å². The van der Waals surface area contributed by atoms with E-state index in [1.807, 2.05) is 19.1 Å². The molecule has 2 N–H and O–H groups in total. The summed E-state index contributed by atoms with van der Waals surface area (Å²) in [6.07, 6.45) is 7.03. The van der Waals surface area contributed by atoms with Crippen molar-refractivity contribution < 1.29 is 4.79 Å². The molecule has 1 aliphatic carbocycles. The van der Waals surface area contributed by atoms with Crippen LogP contribution in [-0.4, -0.2) is 43.1 Å². The van der Waals surface area contributed by atoms with E-state index < -0.39 is 6.04 Å². The van der Waals surface area contributed by atoms with E-state index in [0.717, 1.165) is 23.9 Å². The number of benzene rings is 1. The number of nitrogens with one attached hydrogen (secondary N) is 2. The van der Waals surface area contributed by atoms with E-state index in [9.17, 15) is 10.1 Å². The summed E-state index contributed by atoms with van der Waals surface area (Å²) in [6.45, 7) is 6.41. The van der Waals surface area contributed by atoms with E-state index >= 15 is 0 Å². The van der Waals surface area contributed by atoms with Crippen molar-refractivity contribution in [2.75, 3.05) is 15.1 Å². The van der Waals surface area contributed by atoms with Crippen molar-refractivity contribution in [3.8, 4) is 6.07 Å². The zero-order valence-electron chi connectivity index (χ0n) is 20.2. The SMILES string of the molecule is C[C@@H]1C(=O)N(c2cccc(C#N)c2)c2cnc(Nc3cnc4[nH]ncc4c3)nc2N1C1CC(C)(C)C1. The fraction of sp³-hybridized carbons (Fsp3) is 0.308. The van der Waals surface area contributed by atoms with Gasteiger partial charge in [0, 0.05) is 11.4 Å². The van der Waals surface area contributed by atoms with Crippen molar-refractivity contribution in [2.45, 2.75) is 45.7 Å². The third-order valence-electron chi connectivity index (χ3n) is 6.98. The Hall–Kier alpha value is -4.52. The minimum atomic E-state index is -0.420. The summed E-state index contributed by atoms with van der Waals surface area (Å²) >= 11 is 0. The van der Waals surface area contributed by atoms with E-state index in [1.54, 1.807) is 41.7 Å². The molecule has 36 heavy (non-hydrogen) atoms. The zero-order valence-corrected chi connectivity index (χ0v) is 20.2. The van der Waals surface area contributed by atoms with Crippen LogP contribution >= 0.6 is 0 Å². The highest BCUT2D eigenvalue weighted by Crippen LogP contribution is 2.49. The van der Waals surface area contributed by atoms with Crippen LogP contribution in [0, 0.1) is 16.7 Å². The maximum atomic E-state index is 13.7. The Morgan fingerprint density at radius 3 is 2.78 bits per heavy atom. The second-order valence-electron chi connectivity index (χ2n) is 10.2. The quantitative estimate of drug-likeness (QED) is 0.440.